The van der Waals surface area contributed by atoms with Crippen LogP contribution >= 0.6 is 11.6 Å². The minimum atomic E-state index is -0.247. The van der Waals surface area contributed by atoms with Crippen LogP contribution in [0.3, 0.4) is 0 Å². The second kappa shape index (κ2) is 5.71. The Morgan fingerprint density at radius 3 is 2.74 bits per heavy atom. The minimum Gasteiger partial charge on any atom is -0.345 e. The number of benzene rings is 1. The fourth-order valence-corrected chi connectivity index (χ4v) is 1.89. The fraction of sp³-hybridized carbons (Fsp3) is 0.143. The second-order valence-corrected chi connectivity index (χ2v) is 4.63. The first-order valence-corrected chi connectivity index (χ1v) is 6.19. The highest BCUT2D eigenvalue weighted by Crippen LogP contribution is 2.17. The molecule has 1 heterocycles. The molecule has 2 rings (SSSR count). The van der Waals surface area contributed by atoms with E-state index in [1.807, 2.05) is 19.1 Å². The molecule has 0 aliphatic rings. The molecule has 5 heteroatoms. The SMILES string of the molecule is C[C@H](NC(=O)c1ccc(=O)[nH]c1)c1cccc(Cl)c1. The minimum absolute atomic E-state index is 0.168. The average Bonchev–Trinajstić information content (AvgIpc) is 2.39. The van der Waals surface area contributed by atoms with Gasteiger partial charge in [0.15, 0.2) is 0 Å². The zero-order valence-corrected chi connectivity index (χ0v) is 11.1. The van der Waals surface area contributed by atoms with Gasteiger partial charge in [0.1, 0.15) is 0 Å². The Balaban J connectivity index is 2.10. The van der Waals surface area contributed by atoms with E-state index in [2.05, 4.69) is 10.3 Å². The van der Waals surface area contributed by atoms with E-state index in [9.17, 15) is 9.59 Å². The van der Waals surface area contributed by atoms with Crippen molar-refractivity contribution in [3.05, 3.63) is 69.1 Å². The van der Waals surface area contributed by atoms with Crippen LogP contribution in [0, 0.1) is 0 Å². The molecule has 0 unspecified atom stereocenters. The van der Waals surface area contributed by atoms with Gasteiger partial charge in [0, 0.05) is 17.3 Å². The van der Waals surface area contributed by atoms with E-state index in [1.54, 1.807) is 12.1 Å². The summed E-state index contributed by atoms with van der Waals surface area (Å²) in [6.45, 7) is 1.87. The van der Waals surface area contributed by atoms with Crippen LogP contribution in [0.25, 0.3) is 0 Å². The van der Waals surface area contributed by atoms with Crippen LogP contribution in [0.5, 0.6) is 0 Å². The predicted molar refractivity (Wildman–Crippen MR) is 74.4 cm³/mol. The number of pyridine rings is 1. The summed E-state index contributed by atoms with van der Waals surface area (Å²) in [4.78, 5) is 25.3. The topological polar surface area (TPSA) is 62.0 Å². The van der Waals surface area contributed by atoms with Crippen molar-refractivity contribution in [3.63, 3.8) is 0 Å². The van der Waals surface area contributed by atoms with Gasteiger partial charge in [-0.05, 0) is 30.7 Å². The molecule has 0 saturated heterocycles. The lowest BCUT2D eigenvalue weighted by molar-refractivity contribution is 0.0939. The monoisotopic (exact) mass is 276 g/mol. The average molecular weight is 277 g/mol. The van der Waals surface area contributed by atoms with Crippen LogP contribution < -0.4 is 10.9 Å². The van der Waals surface area contributed by atoms with Gasteiger partial charge in [-0.15, -0.1) is 0 Å². The van der Waals surface area contributed by atoms with Gasteiger partial charge in [-0.2, -0.15) is 0 Å². The van der Waals surface area contributed by atoms with Gasteiger partial charge in [-0.25, -0.2) is 0 Å². The Kier molecular flexibility index (Phi) is 4.02. The summed E-state index contributed by atoms with van der Waals surface area (Å²) in [5.41, 5.74) is 1.10. The van der Waals surface area contributed by atoms with Gasteiger partial charge in [0.2, 0.25) is 5.56 Å². The lowest BCUT2D eigenvalue weighted by atomic mass is 10.1. The Hall–Kier alpha value is -2.07. The molecule has 0 aliphatic heterocycles. The molecular formula is C14H13ClN2O2. The van der Waals surface area contributed by atoms with Crippen molar-refractivity contribution in [1.29, 1.82) is 0 Å². The third kappa shape index (κ3) is 3.45. The number of aromatic amines is 1. The molecule has 0 aliphatic carbocycles. The Morgan fingerprint density at radius 1 is 1.32 bits per heavy atom. The molecule has 0 spiro atoms. The molecule has 1 amide bonds. The molecule has 98 valence electrons. The molecule has 0 fully saturated rings. The van der Waals surface area contributed by atoms with Gasteiger partial charge >= 0.3 is 0 Å². The van der Waals surface area contributed by atoms with Crippen molar-refractivity contribution in [3.8, 4) is 0 Å². The predicted octanol–water partition coefficient (Wildman–Crippen LogP) is 2.52. The number of nitrogens with one attached hydrogen (secondary N) is 2. The van der Waals surface area contributed by atoms with Crippen LogP contribution in [-0.2, 0) is 0 Å². The smallest absolute Gasteiger partial charge is 0.253 e. The number of aromatic nitrogens is 1. The van der Waals surface area contributed by atoms with E-state index in [-0.39, 0.29) is 17.5 Å². The van der Waals surface area contributed by atoms with Gasteiger partial charge < -0.3 is 10.3 Å². The van der Waals surface area contributed by atoms with Crippen LogP contribution in [0.15, 0.2) is 47.4 Å². The van der Waals surface area contributed by atoms with E-state index in [0.717, 1.165) is 5.56 Å². The summed E-state index contributed by atoms with van der Waals surface area (Å²) >= 11 is 5.91. The van der Waals surface area contributed by atoms with Crippen molar-refractivity contribution in [2.45, 2.75) is 13.0 Å². The van der Waals surface area contributed by atoms with Gasteiger partial charge in [-0.1, -0.05) is 23.7 Å². The van der Waals surface area contributed by atoms with Crippen LogP contribution in [0.1, 0.15) is 28.9 Å². The molecule has 0 bridgehead atoms. The maximum Gasteiger partial charge on any atom is 0.253 e. The summed E-state index contributed by atoms with van der Waals surface area (Å²) in [6.07, 6.45) is 1.39. The number of H-pyrrole nitrogens is 1. The number of hydrogen-bond donors (Lipinski definition) is 2. The molecular weight excluding hydrogens is 264 g/mol. The number of carbonyl (C=O) groups excluding carboxylic acids is 1. The van der Waals surface area contributed by atoms with Gasteiger partial charge in [0.25, 0.3) is 5.91 Å². The van der Waals surface area contributed by atoms with Gasteiger partial charge in [-0.3, -0.25) is 9.59 Å². The number of amides is 1. The van der Waals surface area contributed by atoms with Crippen molar-refractivity contribution in [1.82, 2.24) is 10.3 Å². The van der Waals surface area contributed by atoms with E-state index in [1.165, 1.54) is 18.3 Å². The first-order chi connectivity index (χ1) is 9.06. The van der Waals surface area contributed by atoms with Crippen LogP contribution in [-0.4, -0.2) is 10.9 Å². The summed E-state index contributed by atoms with van der Waals surface area (Å²) in [5, 5.41) is 3.47. The molecule has 2 aromatic rings. The lowest BCUT2D eigenvalue weighted by Gasteiger charge is -2.14. The van der Waals surface area contributed by atoms with E-state index >= 15 is 0 Å². The molecule has 0 radical (unpaired) electrons. The number of rotatable bonds is 3. The summed E-state index contributed by atoms with van der Waals surface area (Å²) in [7, 11) is 0. The van der Waals surface area contributed by atoms with E-state index in [4.69, 9.17) is 11.6 Å². The molecule has 2 N–H and O–H groups in total. The zero-order chi connectivity index (χ0) is 13.8. The summed E-state index contributed by atoms with van der Waals surface area (Å²) < 4.78 is 0. The third-order valence-corrected chi connectivity index (χ3v) is 2.98. The quantitative estimate of drug-likeness (QED) is 0.905. The first-order valence-electron chi connectivity index (χ1n) is 5.81. The normalized spacial score (nSPS) is 11.9. The number of hydrogen-bond acceptors (Lipinski definition) is 2. The third-order valence-electron chi connectivity index (χ3n) is 2.74. The van der Waals surface area contributed by atoms with Crippen molar-refractivity contribution < 1.29 is 4.79 Å². The maximum absolute atomic E-state index is 12.0. The number of halogens is 1. The van der Waals surface area contributed by atoms with Gasteiger partial charge in [0.05, 0.1) is 11.6 Å². The van der Waals surface area contributed by atoms with E-state index < -0.39 is 0 Å². The summed E-state index contributed by atoms with van der Waals surface area (Å²) in [6, 6.07) is 9.95. The molecule has 0 saturated carbocycles. The Bertz CT molecular complexity index is 631. The largest absolute Gasteiger partial charge is 0.345 e. The summed E-state index contributed by atoms with van der Waals surface area (Å²) in [5.74, 6) is -0.247. The molecule has 1 aromatic carbocycles. The highest BCUT2D eigenvalue weighted by atomic mass is 35.5. The molecule has 19 heavy (non-hydrogen) atoms. The lowest BCUT2D eigenvalue weighted by Crippen LogP contribution is -2.27. The fourth-order valence-electron chi connectivity index (χ4n) is 1.69. The van der Waals surface area contributed by atoms with Crippen LogP contribution in [0.4, 0.5) is 0 Å². The van der Waals surface area contributed by atoms with Crippen molar-refractivity contribution >= 4 is 17.5 Å². The second-order valence-electron chi connectivity index (χ2n) is 4.19. The molecule has 1 atom stereocenters. The van der Waals surface area contributed by atoms with Crippen molar-refractivity contribution in [2.24, 2.45) is 0 Å². The Morgan fingerprint density at radius 2 is 2.11 bits per heavy atom. The first kappa shape index (κ1) is 13.4. The zero-order valence-electron chi connectivity index (χ0n) is 10.3. The van der Waals surface area contributed by atoms with Crippen molar-refractivity contribution in [2.75, 3.05) is 0 Å². The highest BCUT2D eigenvalue weighted by Gasteiger charge is 2.11. The Labute approximate surface area is 115 Å². The maximum atomic E-state index is 12.0. The van der Waals surface area contributed by atoms with Crippen LogP contribution in [0.2, 0.25) is 5.02 Å². The number of carbonyl (C=O) groups is 1. The molecule has 1 aromatic heterocycles. The standard InChI is InChI=1S/C14H13ClN2O2/c1-9(10-3-2-4-12(15)7-10)17-14(19)11-5-6-13(18)16-8-11/h2-9H,1H3,(H,16,18)(H,17,19)/t9-/m0/s1. The van der Waals surface area contributed by atoms with E-state index in [0.29, 0.717) is 10.6 Å². The highest BCUT2D eigenvalue weighted by molar-refractivity contribution is 6.30. The molecule has 4 nitrogen and oxygen atoms in total.